The van der Waals surface area contributed by atoms with E-state index in [1.54, 1.807) is 12.1 Å². The second-order valence-corrected chi connectivity index (χ2v) is 5.68. The minimum atomic E-state index is -0.343. The Bertz CT molecular complexity index is 558. The summed E-state index contributed by atoms with van der Waals surface area (Å²) in [6.45, 7) is 2.12. The Hall–Kier alpha value is -1.82. The zero-order chi connectivity index (χ0) is 13.4. The van der Waals surface area contributed by atoms with Crippen molar-refractivity contribution in [2.24, 2.45) is 17.8 Å². The summed E-state index contributed by atoms with van der Waals surface area (Å²) in [4.78, 5) is 0. The summed E-state index contributed by atoms with van der Waals surface area (Å²) < 4.78 is 13.8. The Balaban J connectivity index is 1.71. The molecule has 2 nitrogen and oxygen atoms in total. The van der Waals surface area contributed by atoms with Crippen LogP contribution < -0.4 is 5.32 Å². The third-order valence-corrected chi connectivity index (χ3v) is 4.45. The number of nitrogens with zero attached hydrogens (tertiary/aromatic N) is 1. The van der Waals surface area contributed by atoms with Crippen LogP contribution in [-0.2, 0) is 0 Å². The van der Waals surface area contributed by atoms with Crippen molar-refractivity contribution in [3.63, 3.8) is 0 Å². The normalized spacial score (nSPS) is 29.2. The van der Waals surface area contributed by atoms with Crippen LogP contribution in [0.1, 0.15) is 25.3 Å². The minimum absolute atomic E-state index is 0.252. The van der Waals surface area contributed by atoms with Gasteiger partial charge in [-0.1, -0.05) is 12.2 Å². The van der Waals surface area contributed by atoms with E-state index in [0.717, 1.165) is 5.92 Å². The molecule has 3 heteroatoms. The highest BCUT2D eigenvalue weighted by molar-refractivity contribution is 5.49. The van der Waals surface area contributed by atoms with Gasteiger partial charge in [-0.2, -0.15) is 5.26 Å². The minimum Gasteiger partial charge on any atom is -0.380 e. The van der Waals surface area contributed by atoms with Crippen molar-refractivity contribution in [3.8, 4) is 6.07 Å². The predicted octanol–water partition coefficient (Wildman–Crippen LogP) is 3.71. The third-order valence-electron chi connectivity index (χ3n) is 4.45. The number of anilines is 1. The molecule has 2 aliphatic carbocycles. The molecule has 0 heterocycles. The number of benzene rings is 1. The maximum Gasteiger partial charge on any atom is 0.147 e. The number of nitriles is 1. The molecule has 1 N–H and O–H groups in total. The van der Waals surface area contributed by atoms with Crippen molar-refractivity contribution in [3.05, 3.63) is 41.7 Å². The largest absolute Gasteiger partial charge is 0.380 e. The predicted molar refractivity (Wildman–Crippen MR) is 73.0 cm³/mol. The van der Waals surface area contributed by atoms with Crippen molar-refractivity contribution in [2.75, 3.05) is 5.32 Å². The van der Waals surface area contributed by atoms with Crippen LogP contribution in [-0.4, -0.2) is 6.04 Å². The van der Waals surface area contributed by atoms with Crippen LogP contribution in [0.2, 0.25) is 0 Å². The van der Waals surface area contributed by atoms with Gasteiger partial charge in [0.25, 0.3) is 0 Å². The second-order valence-electron chi connectivity index (χ2n) is 5.68. The Morgan fingerprint density at radius 2 is 2.21 bits per heavy atom. The van der Waals surface area contributed by atoms with Gasteiger partial charge in [0.1, 0.15) is 5.82 Å². The number of hydrogen-bond donors (Lipinski definition) is 1. The molecule has 0 radical (unpaired) electrons. The fourth-order valence-electron chi connectivity index (χ4n) is 3.45. The number of hydrogen-bond acceptors (Lipinski definition) is 2. The summed E-state index contributed by atoms with van der Waals surface area (Å²) in [5.74, 6) is 1.62. The van der Waals surface area contributed by atoms with E-state index in [2.05, 4.69) is 24.4 Å². The molecule has 0 saturated heterocycles. The van der Waals surface area contributed by atoms with E-state index in [-0.39, 0.29) is 11.9 Å². The maximum absolute atomic E-state index is 13.8. The van der Waals surface area contributed by atoms with Crippen molar-refractivity contribution in [1.29, 1.82) is 5.26 Å². The standard InChI is InChI=1S/C16H17FN2/c1-10(14-7-11-2-4-13(14)6-11)19-16-5-3-12(9-18)8-15(16)17/h2-5,8,10-11,13-14,19H,6-7H2,1H3. The highest BCUT2D eigenvalue weighted by Crippen LogP contribution is 2.45. The fraction of sp³-hybridized carbons (Fsp3) is 0.438. The molecule has 98 valence electrons. The molecule has 0 aliphatic heterocycles. The first-order valence-corrected chi connectivity index (χ1v) is 6.82. The third kappa shape index (κ3) is 2.23. The monoisotopic (exact) mass is 256 g/mol. The maximum atomic E-state index is 13.8. The van der Waals surface area contributed by atoms with E-state index in [1.807, 2.05) is 6.07 Å². The van der Waals surface area contributed by atoms with E-state index in [0.29, 0.717) is 23.1 Å². The lowest BCUT2D eigenvalue weighted by Gasteiger charge is -2.27. The topological polar surface area (TPSA) is 35.8 Å². The lowest BCUT2D eigenvalue weighted by Crippen LogP contribution is -2.29. The van der Waals surface area contributed by atoms with Crippen LogP contribution in [0, 0.1) is 34.9 Å². The first kappa shape index (κ1) is 12.2. The van der Waals surface area contributed by atoms with Gasteiger partial charge >= 0.3 is 0 Å². The molecule has 2 aliphatic rings. The SMILES string of the molecule is CC(Nc1ccc(C#N)cc1F)C1CC2C=CC1C2. The Morgan fingerprint density at radius 3 is 2.79 bits per heavy atom. The van der Waals surface area contributed by atoms with Crippen LogP contribution in [0.3, 0.4) is 0 Å². The highest BCUT2D eigenvalue weighted by Gasteiger charge is 2.38. The quantitative estimate of drug-likeness (QED) is 0.837. The Kier molecular flexibility index (Phi) is 3.02. The summed E-state index contributed by atoms with van der Waals surface area (Å²) in [5.41, 5.74) is 0.858. The number of nitrogens with one attached hydrogen (secondary N) is 1. The molecular formula is C16H17FN2. The van der Waals surface area contributed by atoms with Gasteiger partial charge in [0.05, 0.1) is 17.3 Å². The van der Waals surface area contributed by atoms with E-state index in [4.69, 9.17) is 5.26 Å². The van der Waals surface area contributed by atoms with E-state index in [9.17, 15) is 4.39 Å². The molecule has 1 aromatic rings. The number of fused-ring (bicyclic) bond motifs is 2. The summed E-state index contributed by atoms with van der Waals surface area (Å²) in [5, 5.41) is 12.0. The van der Waals surface area contributed by atoms with Crippen LogP contribution >= 0.6 is 0 Å². The van der Waals surface area contributed by atoms with Gasteiger partial charge in [0.2, 0.25) is 0 Å². The van der Waals surface area contributed by atoms with E-state index < -0.39 is 0 Å². The summed E-state index contributed by atoms with van der Waals surface area (Å²) in [6, 6.07) is 6.80. The molecular weight excluding hydrogens is 239 g/mol. The molecule has 4 unspecified atom stereocenters. The molecule has 3 rings (SSSR count). The number of allylic oxidation sites excluding steroid dienone is 2. The molecule has 0 aromatic heterocycles. The molecule has 1 aromatic carbocycles. The zero-order valence-corrected chi connectivity index (χ0v) is 10.9. The van der Waals surface area contributed by atoms with Crippen LogP contribution in [0.25, 0.3) is 0 Å². The molecule has 0 amide bonds. The molecule has 19 heavy (non-hydrogen) atoms. The van der Waals surface area contributed by atoms with Crippen molar-refractivity contribution in [2.45, 2.75) is 25.8 Å². The second kappa shape index (κ2) is 4.70. The average Bonchev–Trinajstić information content (AvgIpc) is 3.03. The highest BCUT2D eigenvalue weighted by atomic mass is 19.1. The van der Waals surface area contributed by atoms with Crippen molar-refractivity contribution in [1.82, 2.24) is 0 Å². The van der Waals surface area contributed by atoms with Crippen LogP contribution in [0.4, 0.5) is 10.1 Å². The Morgan fingerprint density at radius 1 is 1.37 bits per heavy atom. The molecule has 0 spiro atoms. The summed E-state index contributed by atoms with van der Waals surface area (Å²) >= 11 is 0. The first-order chi connectivity index (χ1) is 9.17. The van der Waals surface area contributed by atoms with Gasteiger partial charge in [-0.25, -0.2) is 4.39 Å². The molecule has 4 atom stereocenters. The lowest BCUT2D eigenvalue weighted by molar-refractivity contribution is 0.398. The molecule has 2 bridgehead atoms. The summed E-state index contributed by atoms with van der Waals surface area (Å²) in [7, 11) is 0. The smallest absolute Gasteiger partial charge is 0.147 e. The fourth-order valence-corrected chi connectivity index (χ4v) is 3.45. The van der Waals surface area contributed by atoms with E-state index >= 15 is 0 Å². The van der Waals surface area contributed by atoms with Crippen molar-refractivity contribution >= 4 is 5.69 Å². The van der Waals surface area contributed by atoms with E-state index in [1.165, 1.54) is 18.9 Å². The number of rotatable bonds is 3. The van der Waals surface area contributed by atoms with Gasteiger partial charge in [0.15, 0.2) is 0 Å². The van der Waals surface area contributed by atoms with Gasteiger partial charge in [-0.15, -0.1) is 0 Å². The zero-order valence-electron chi connectivity index (χ0n) is 10.9. The van der Waals surface area contributed by atoms with Crippen LogP contribution in [0.15, 0.2) is 30.4 Å². The molecule has 1 fully saturated rings. The number of halogens is 1. The van der Waals surface area contributed by atoms with Crippen LogP contribution in [0.5, 0.6) is 0 Å². The average molecular weight is 256 g/mol. The lowest BCUT2D eigenvalue weighted by atomic mass is 9.87. The van der Waals surface area contributed by atoms with Gasteiger partial charge < -0.3 is 5.32 Å². The van der Waals surface area contributed by atoms with Crippen molar-refractivity contribution < 1.29 is 4.39 Å². The molecule has 1 saturated carbocycles. The summed E-state index contributed by atoms with van der Waals surface area (Å²) in [6.07, 6.45) is 7.09. The van der Waals surface area contributed by atoms with Gasteiger partial charge in [-0.05, 0) is 55.7 Å². The first-order valence-electron chi connectivity index (χ1n) is 6.82. The van der Waals surface area contributed by atoms with Gasteiger partial charge in [0, 0.05) is 6.04 Å². The Labute approximate surface area is 112 Å². The van der Waals surface area contributed by atoms with Gasteiger partial charge in [-0.3, -0.25) is 0 Å².